The first-order valence-corrected chi connectivity index (χ1v) is 6.61. The molecule has 0 atom stereocenters. The smallest absolute Gasteiger partial charge is 0.311 e. The Morgan fingerprint density at radius 3 is 2.50 bits per heavy atom. The molecule has 1 aromatic carbocycles. The minimum absolute atomic E-state index is 0.00488. The van der Waals surface area contributed by atoms with E-state index in [2.05, 4.69) is 26.2 Å². The quantitative estimate of drug-likeness (QED) is 0.646. The summed E-state index contributed by atoms with van der Waals surface area (Å²) in [5.74, 6) is 0. The van der Waals surface area contributed by atoms with Gasteiger partial charge in [-0.05, 0) is 27.1 Å². The van der Waals surface area contributed by atoms with Crippen LogP contribution in [0.1, 0.15) is 11.1 Å². The lowest BCUT2D eigenvalue weighted by molar-refractivity contribution is -0.384. The molecule has 104 valence electrons. The van der Waals surface area contributed by atoms with Crippen LogP contribution in [0.15, 0.2) is 41.1 Å². The number of pyridine rings is 1. The molecule has 0 radical (unpaired) electrons. The highest BCUT2D eigenvalue weighted by molar-refractivity contribution is 9.10. The van der Waals surface area contributed by atoms with Crippen molar-refractivity contribution in [1.29, 1.82) is 0 Å². The molecule has 1 heterocycles. The highest BCUT2D eigenvalue weighted by atomic mass is 79.9. The van der Waals surface area contributed by atoms with E-state index in [1.54, 1.807) is 0 Å². The maximum absolute atomic E-state index is 10.9. The van der Waals surface area contributed by atoms with Crippen LogP contribution in [0.3, 0.4) is 0 Å². The number of benzene rings is 1. The summed E-state index contributed by atoms with van der Waals surface area (Å²) < 4.78 is 0.540. The standard InChI is InChI=1S/C13H12BrN3O3/c14-11-6-15-7-12(17(19)20)13(11)16-5-9-1-3-10(8-18)4-2-9/h1-4,6-7,18H,5,8H2,(H,15,16). The summed E-state index contributed by atoms with van der Waals surface area (Å²) in [6.45, 7) is 0.435. The van der Waals surface area contributed by atoms with E-state index in [9.17, 15) is 10.1 Å². The third-order valence-electron chi connectivity index (χ3n) is 2.75. The van der Waals surface area contributed by atoms with Crippen LogP contribution >= 0.6 is 15.9 Å². The average molecular weight is 338 g/mol. The fraction of sp³-hybridized carbons (Fsp3) is 0.154. The summed E-state index contributed by atoms with van der Waals surface area (Å²) in [6.07, 6.45) is 2.71. The molecule has 0 aliphatic carbocycles. The summed E-state index contributed by atoms with van der Waals surface area (Å²) in [5, 5.41) is 22.9. The van der Waals surface area contributed by atoms with E-state index in [0.717, 1.165) is 11.1 Å². The Labute approximate surface area is 123 Å². The second kappa shape index (κ2) is 6.44. The lowest BCUT2D eigenvalue weighted by Crippen LogP contribution is -2.04. The summed E-state index contributed by atoms with van der Waals surface area (Å²) >= 11 is 3.25. The summed E-state index contributed by atoms with van der Waals surface area (Å²) in [6, 6.07) is 7.35. The van der Waals surface area contributed by atoms with Gasteiger partial charge in [0.25, 0.3) is 0 Å². The van der Waals surface area contributed by atoms with Crippen LogP contribution in [0.4, 0.5) is 11.4 Å². The maximum atomic E-state index is 10.9. The highest BCUT2D eigenvalue weighted by Crippen LogP contribution is 2.31. The fourth-order valence-electron chi connectivity index (χ4n) is 1.69. The number of aliphatic hydroxyl groups is 1. The molecular weight excluding hydrogens is 326 g/mol. The molecule has 7 heteroatoms. The second-order valence-corrected chi connectivity index (χ2v) is 4.96. The Balaban J connectivity index is 2.16. The monoisotopic (exact) mass is 337 g/mol. The van der Waals surface area contributed by atoms with E-state index < -0.39 is 4.92 Å². The average Bonchev–Trinajstić information content (AvgIpc) is 2.46. The first-order valence-electron chi connectivity index (χ1n) is 5.82. The van der Waals surface area contributed by atoms with Crippen molar-refractivity contribution in [3.05, 3.63) is 62.4 Å². The van der Waals surface area contributed by atoms with Gasteiger partial charge in [0, 0.05) is 12.7 Å². The first-order chi connectivity index (χ1) is 9.61. The van der Waals surface area contributed by atoms with Gasteiger partial charge in [0.15, 0.2) is 0 Å². The SMILES string of the molecule is O=[N+]([O-])c1cncc(Br)c1NCc1ccc(CO)cc1. The van der Waals surface area contributed by atoms with Gasteiger partial charge in [-0.1, -0.05) is 24.3 Å². The third-order valence-corrected chi connectivity index (χ3v) is 3.35. The van der Waals surface area contributed by atoms with Gasteiger partial charge in [-0.3, -0.25) is 15.1 Å². The van der Waals surface area contributed by atoms with Gasteiger partial charge in [0.05, 0.1) is 16.0 Å². The number of halogens is 1. The minimum atomic E-state index is -0.477. The molecule has 0 fully saturated rings. The zero-order valence-corrected chi connectivity index (χ0v) is 12.0. The zero-order valence-electron chi connectivity index (χ0n) is 10.4. The predicted octanol–water partition coefficient (Wildman–Crippen LogP) is 2.86. The molecule has 2 N–H and O–H groups in total. The lowest BCUT2D eigenvalue weighted by Gasteiger charge is -2.09. The van der Waals surface area contributed by atoms with Gasteiger partial charge in [0.2, 0.25) is 0 Å². The number of aliphatic hydroxyl groups excluding tert-OH is 1. The van der Waals surface area contributed by atoms with E-state index in [1.165, 1.54) is 12.4 Å². The normalized spacial score (nSPS) is 10.3. The molecule has 0 amide bonds. The molecule has 2 aromatic rings. The van der Waals surface area contributed by atoms with E-state index in [1.807, 2.05) is 24.3 Å². The molecule has 0 bridgehead atoms. The van der Waals surface area contributed by atoms with Gasteiger partial charge < -0.3 is 10.4 Å². The maximum Gasteiger partial charge on any atom is 0.311 e. The summed E-state index contributed by atoms with van der Waals surface area (Å²) in [7, 11) is 0. The predicted molar refractivity (Wildman–Crippen MR) is 78.3 cm³/mol. The number of hydrogen-bond acceptors (Lipinski definition) is 5. The minimum Gasteiger partial charge on any atom is -0.392 e. The molecule has 0 aliphatic heterocycles. The third kappa shape index (κ3) is 3.31. The van der Waals surface area contributed by atoms with Crippen molar-refractivity contribution in [2.45, 2.75) is 13.2 Å². The first kappa shape index (κ1) is 14.4. The van der Waals surface area contributed by atoms with Crippen LogP contribution in [-0.2, 0) is 13.2 Å². The zero-order chi connectivity index (χ0) is 14.5. The van der Waals surface area contributed by atoms with Crippen LogP contribution in [0.25, 0.3) is 0 Å². The van der Waals surface area contributed by atoms with Gasteiger partial charge in [-0.2, -0.15) is 0 Å². The van der Waals surface area contributed by atoms with Crippen molar-refractivity contribution < 1.29 is 10.0 Å². The van der Waals surface area contributed by atoms with Crippen molar-refractivity contribution in [3.63, 3.8) is 0 Å². The number of rotatable bonds is 5. The van der Waals surface area contributed by atoms with Crippen LogP contribution in [0, 0.1) is 10.1 Å². The molecule has 0 aliphatic rings. The highest BCUT2D eigenvalue weighted by Gasteiger charge is 2.16. The molecule has 1 aromatic heterocycles. The Kier molecular flexibility index (Phi) is 4.65. The number of hydrogen-bond donors (Lipinski definition) is 2. The van der Waals surface area contributed by atoms with E-state index in [0.29, 0.717) is 16.7 Å². The van der Waals surface area contributed by atoms with Gasteiger partial charge in [-0.15, -0.1) is 0 Å². The van der Waals surface area contributed by atoms with Crippen LogP contribution in [0.5, 0.6) is 0 Å². The molecule has 0 spiro atoms. The number of anilines is 1. The van der Waals surface area contributed by atoms with E-state index in [4.69, 9.17) is 5.11 Å². The van der Waals surface area contributed by atoms with Crippen molar-refractivity contribution in [3.8, 4) is 0 Å². The second-order valence-electron chi connectivity index (χ2n) is 4.10. The Bertz CT molecular complexity index is 617. The van der Waals surface area contributed by atoms with Gasteiger partial charge in [0.1, 0.15) is 11.9 Å². The van der Waals surface area contributed by atoms with E-state index >= 15 is 0 Å². The molecule has 6 nitrogen and oxygen atoms in total. The van der Waals surface area contributed by atoms with Crippen LogP contribution in [-0.4, -0.2) is 15.0 Å². The number of aromatic nitrogens is 1. The molecule has 0 saturated heterocycles. The summed E-state index contributed by atoms with van der Waals surface area (Å²) in [5.41, 5.74) is 2.10. The number of nitro groups is 1. The Hall–Kier alpha value is -1.99. The topological polar surface area (TPSA) is 88.3 Å². The van der Waals surface area contributed by atoms with Crippen molar-refractivity contribution >= 4 is 27.3 Å². The fourth-order valence-corrected chi connectivity index (χ4v) is 2.15. The van der Waals surface area contributed by atoms with Crippen molar-refractivity contribution in [1.82, 2.24) is 4.98 Å². The van der Waals surface area contributed by atoms with Crippen molar-refractivity contribution in [2.75, 3.05) is 5.32 Å². The van der Waals surface area contributed by atoms with Crippen LogP contribution < -0.4 is 5.32 Å². The van der Waals surface area contributed by atoms with Gasteiger partial charge in [-0.25, -0.2) is 0 Å². The van der Waals surface area contributed by atoms with Crippen molar-refractivity contribution in [2.24, 2.45) is 0 Å². The molecule has 2 rings (SSSR count). The Morgan fingerprint density at radius 1 is 1.25 bits per heavy atom. The molecular formula is C13H12BrN3O3. The largest absolute Gasteiger partial charge is 0.392 e. The molecule has 0 unspecified atom stereocenters. The van der Waals surface area contributed by atoms with Gasteiger partial charge >= 0.3 is 5.69 Å². The molecule has 20 heavy (non-hydrogen) atoms. The number of nitrogens with zero attached hydrogens (tertiary/aromatic N) is 2. The lowest BCUT2D eigenvalue weighted by atomic mass is 10.1. The summed E-state index contributed by atoms with van der Waals surface area (Å²) in [4.78, 5) is 14.3. The Morgan fingerprint density at radius 2 is 1.90 bits per heavy atom. The molecule has 0 saturated carbocycles. The number of nitrogens with one attached hydrogen (secondary N) is 1. The van der Waals surface area contributed by atoms with E-state index in [-0.39, 0.29) is 12.3 Å². The van der Waals surface area contributed by atoms with Crippen LogP contribution in [0.2, 0.25) is 0 Å².